The second kappa shape index (κ2) is 10.2. The predicted octanol–water partition coefficient (Wildman–Crippen LogP) is 2.25. The zero-order valence-corrected chi connectivity index (χ0v) is 17.6. The Hall–Kier alpha value is -0.860. The number of fused-ring (bicyclic) bond motifs is 1. The number of halogens is 1. The molecule has 0 fully saturated rings. The smallest absolute Gasteiger partial charge is 0.191 e. The lowest BCUT2D eigenvalue weighted by atomic mass is 9.94. The normalized spacial score (nSPS) is 15.4. The fourth-order valence-electron chi connectivity index (χ4n) is 2.92. The quantitative estimate of drug-likeness (QED) is 0.305. The number of ether oxygens (including phenoxy) is 1. The molecular weight excluding hydrogens is 415 g/mol. The Morgan fingerprint density at radius 1 is 1.25 bits per heavy atom. The van der Waals surface area contributed by atoms with Crippen molar-refractivity contribution in [2.24, 2.45) is 4.99 Å². The van der Waals surface area contributed by atoms with Gasteiger partial charge < -0.3 is 15.4 Å². The Kier molecular flexibility index (Phi) is 9.01. The molecule has 0 saturated carbocycles. The number of hydrogen-bond acceptors (Lipinski definition) is 3. The predicted molar refractivity (Wildman–Crippen MR) is 111 cm³/mol. The second-order valence-electron chi connectivity index (χ2n) is 6.60. The van der Waals surface area contributed by atoms with Gasteiger partial charge in [0.15, 0.2) is 5.96 Å². The van der Waals surface area contributed by atoms with Crippen molar-refractivity contribution in [2.45, 2.75) is 32.4 Å². The number of benzene rings is 1. The number of guanidine groups is 1. The molecule has 1 heterocycles. The minimum Gasteiger partial charge on any atom is -0.383 e. The molecule has 0 atom stereocenters. The van der Waals surface area contributed by atoms with Gasteiger partial charge in [-0.25, -0.2) is 0 Å². The van der Waals surface area contributed by atoms with Gasteiger partial charge in [0.05, 0.1) is 6.61 Å². The van der Waals surface area contributed by atoms with Gasteiger partial charge in [0.2, 0.25) is 0 Å². The summed E-state index contributed by atoms with van der Waals surface area (Å²) in [5, 5.41) is 6.69. The van der Waals surface area contributed by atoms with Crippen molar-refractivity contribution in [1.29, 1.82) is 0 Å². The maximum atomic E-state index is 5.06. The molecule has 0 saturated heterocycles. The van der Waals surface area contributed by atoms with Crippen molar-refractivity contribution in [1.82, 2.24) is 15.5 Å². The van der Waals surface area contributed by atoms with Crippen molar-refractivity contribution < 1.29 is 4.74 Å². The molecule has 1 aromatic rings. The maximum Gasteiger partial charge on any atom is 0.191 e. The first kappa shape index (κ1) is 21.2. The molecule has 0 spiro atoms. The Balaban J connectivity index is 0.00000288. The summed E-state index contributed by atoms with van der Waals surface area (Å²) in [6.45, 7) is 8.97. The highest BCUT2D eigenvalue weighted by atomic mass is 127. The third-order valence-electron chi connectivity index (χ3n) is 4.50. The van der Waals surface area contributed by atoms with Gasteiger partial charge in [0, 0.05) is 45.9 Å². The number of rotatable bonds is 6. The number of methoxy groups -OCH3 is 1. The van der Waals surface area contributed by atoms with E-state index in [1.165, 1.54) is 11.1 Å². The molecule has 2 rings (SSSR count). The lowest BCUT2D eigenvalue weighted by Gasteiger charge is -2.42. The van der Waals surface area contributed by atoms with Gasteiger partial charge in [0.25, 0.3) is 0 Å². The number of hydrogen-bond donors (Lipinski definition) is 2. The third kappa shape index (κ3) is 5.89. The van der Waals surface area contributed by atoms with Crippen LogP contribution in [0.25, 0.3) is 0 Å². The van der Waals surface area contributed by atoms with Crippen molar-refractivity contribution in [2.75, 3.05) is 40.4 Å². The van der Waals surface area contributed by atoms with E-state index in [1.54, 1.807) is 14.2 Å². The second-order valence-corrected chi connectivity index (χ2v) is 6.60. The van der Waals surface area contributed by atoms with Gasteiger partial charge >= 0.3 is 0 Å². The van der Waals surface area contributed by atoms with Gasteiger partial charge in [-0.1, -0.05) is 24.3 Å². The minimum atomic E-state index is 0. The minimum absolute atomic E-state index is 0. The molecule has 0 radical (unpaired) electrons. The molecule has 136 valence electrons. The summed E-state index contributed by atoms with van der Waals surface area (Å²) in [5.74, 6) is 0.826. The van der Waals surface area contributed by atoms with E-state index < -0.39 is 0 Å². The van der Waals surface area contributed by atoms with Crippen LogP contribution in [0.1, 0.15) is 25.0 Å². The molecule has 1 aliphatic rings. The van der Waals surface area contributed by atoms with E-state index in [4.69, 9.17) is 4.74 Å². The van der Waals surface area contributed by atoms with Crippen molar-refractivity contribution in [3.05, 3.63) is 35.4 Å². The Morgan fingerprint density at radius 3 is 2.62 bits per heavy atom. The van der Waals surface area contributed by atoms with Gasteiger partial charge in [-0.05, 0) is 31.4 Å². The fourth-order valence-corrected chi connectivity index (χ4v) is 2.92. The van der Waals surface area contributed by atoms with Crippen LogP contribution in [0.2, 0.25) is 0 Å². The molecule has 24 heavy (non-hydrogen) atoms. The molecule has 0 unspecified atom stereocenters. The van der Waals surface area contributed by atoms with Crippen LogP contribution < -0.4 is 10.6 Å². The number of aliphatic imine (C=N–C) groups is 1. The van der Waals surface area contributed by atoms with Crippen LogP contribution >= 0.6 is 24.0 Å². The Labute approximate surface area is 163 Å². The Morgan fingerprint density at radius 2 is 1.96 bits per heavy atom. The van der Waals surface area contributed by atoms with E-state index >= 15 is 0 Å². The van der Waals surface area contributed by atoms with E-state index in [-0.39, 0.29) is 29.5 Å². The summed E-state index contributed by atoms with van der Waals surface area (Å²) in [4.78, 5) is 6.81. The summed E-state index contributed by atoms with van der Waals surface area (Å²) in [6.07, 6.45) is 1.13. The number of nitrogens with zero attached hydrogens (tertiary/aromatic N) is 2. The molecule has 0 amide bonds. The molecule has 6 heteroatoms. The molecule has 1 aliphatic heterocycles. The van der Waals surface area contributed by atoms with E-state index in [9.17, 15) is 0 Å². The monoisotopic (exact) mass is 446 g/mol. The van der Waals surface area contributed by atoms with Crippen LogP contribution in [-0.4, -0.2) is 56.8 Å². The van der Waals surface area contributed by atoms with Crippen molar-refractivity contribution in [3.8, 4) is 0 Å². The van der Waals surface area contributed by atoms with E-state index in [0.29, 0.717) is 6.61 Å². The molecule has 0 aromatic heterocycles. The highest BCUT2D eigenvalue weighted by Gasteiger charge is 2.29. The van der Waals surface area contributed by atoms with Crippen LogP contribution in [0.15, 0.2) is 29.3 Å². The summed E-state index contributed by atoms with van der Waals surface area (Å²) >= 11 is 0. The SMILES string of the molecule is CN=C(NCCOC)NCC(C)(C)N1CCc2ccccc2C1.I. The maximum absolute atomic E-state index is 5.06. The first-order chi connectivity index (χ1) is 11.1. The average Bonchev–Trinajstić information content (AvgIpc) is 2.57. The molecule has 0 aliphatic carbocycles. The van der Waals surface area contributed by atoms with Crippen LogP contribution in [0, 0.1) is 0 Å². The average molecular weight is 446 g/mol. The van der Waals surface area contributed by atoms with E-state index in [0.717, 1.165) is 38.6 Å². The lowest BCUT2D eigenvalue weighted by molar-refractivity contribution is 0.107. The molecule has 0 bridgehead atoms. The van der Waals surface area contributed by atoms with Gasteiger partial charge in [0.1, 0.15) is 0 Å². The lowest BCUT2D eigenvalue weighted by Crippen LogP contribution is -2.54. The van der Waals surface area contributed by atoms with Crippen molar-refractivity contribution >= 4 is 29.9 Å². The summed E-state index contributed by atoms with van der Waals surface area (Å²) in [6, 6.07) is 8.77. The Bertz CT molecular complexity index is 534. The van der Waals surface area contributed by atoms with E-state index in [1.807, 2.05) is 0 Å². The molecule has 1 aromatic carbocycles. The standard InChI is InChI=1S/C18H30N4O.HI/c1-18(2,14-21-17(19-3)20-10-12-23-4)22-11-9-15-7-5-6-8-16(15)13-22;/h5-8H,9-14H2,1-4H3,(H2,19,20,21);1H. The van der Waals surface area contributed by atoms with Crippen LogP contribution in [-0.2, 0) is 17.7 Å². The highest BCUT2D eigenvalue weighted by Crippen LogP contribution is 2.24. The summed E-state index contributed by atoms with van der Waals surface area (Å²) < 4.78 is 5.06. The summed E-state index contributed by atoms with van der Waals surface area (Å²) in [5.41, 5.74) is 3.01. The van der Waals surface area contributed by atoms with Crippen LogP contribution in [0.3, 0.4) is 0 Å². The number of nitrogens with one attached hydrogen (secondary N) is 2. The molecule has 5 nitrogen and oxygen atoms in total. The van der Waals surface area contributed by atoms with Crippen LogP contribution in [0.4, 0.5) is 0 Å². The largest absolute Gasteiger partial charge is 0.383 e. The first-order valence-electron chi connectivity index (χ1n) is 8.32. The van der Waals surface area contributed by atoms with Crippen molar-refractivity contribution in [3.63, 3.8) is 0 Å². The first-order valence-corrected chi connectivity index (χ1v) is 8.32. The zero-order chi connectivity index (χ0) is 16.7. The van der Waals surface area contributed by atoms with Gasteiger partial charge in [-0.2, -0.15) is 0 Å². The molecule has 2 N–H and O–H groups in total. The highest BCUT2D eigenvalue weighted by molar-refractivity contribution is 14.0. The van der Waals surface area contributed by atoms with Crippen LogP contribution in [0.5, 0.6) is 0 Å². The molecular formula is C18H31IN4O. The zero-order valence-electron chi connectivity index (χ0n) is 15.3. The topological polar surface area (TPSA) is 48.9 Å². The summed E-state index contributed by atoms with van der Waals surface area (Å²) in [7, 11) is 3.50. The fraction of sp³-hybridized carbons (Fsp3) is 0.611. The third-order valence-corrected chi connectivity index (χ3v) is 4.50. The van der Waals surface area contributed by atoms with Gasteiger partial charge in [-0.15, -0.1) is 24.0 Å². The van der Waals surface area contributed by atoms with Gasteiger partial charge in [-0.3, -0.25) is 9.89 Å². The van der Waals surface area contributed by atoms with E-state index in [2.05, 4.69) is 58.6 Å².